The molecule has 0 aliphatic carbocycles. The third-order valence-electron chi connectivity index (χ3n) is 2.80. The van der Waals surface area contributed by atoms with Crippen molar-refractivity contribution in [3.63, 3.8) is 0 Å². The number of aromatic amines is 1. The first-order valence-electron chi connectivity index (χ1n) is 5.75. The SMILES string of the molecule is Cc1cc(=O)c(C(=O)N2CCCOCC2)c[nH]1. The molecule has 0 bridgehead atoms. The Hall–Kier alpha value is -1.62. The molecule has 92 valence electrons. The predicted molar refractivity (Wildman–Crippen MR) is 63.1 cm³/mol. The summed E-state index contributed by atoms with van der Waals surface area (Å²) in [7, 11) is 0. The fourth-order valence-corrected chi connectivity index (χ4v) is 1.86. The van der Waals surface area contributed by atoms with Crippen molar-refractivity contribution in [2.45, 2.75) is 13.3 Å². The van der Waals surface area contributed by atoms with Crippen LogP contribution in [0.5, 0.6) is 0 Å². The molecule has 2 rings (SSSR count). The minimum Gasteiger partial charge on any atom is -0.380 e. The second-order valence-corrected chi connectivity index (χ2v) is 4.15. The van der Waals surface area contributed by atoms with Crippen molar-refractivity contribution in [2.75, 3.05) is 26.3 Å². The number of carbonyl (C=O) groups is 1. The van der Waals surface area contributed by atoms with E-state index < -0.39 is 0 Å². The largest absolute Gasteiger partial charge is 0.380 e. The van der Waals surface area contributed by atoms with E-state index in [1.807, 2.05) is 0 Å². The summed E-state index contributed by atoms with van der Waals surface area (Å²) in [6, 6.07) is 1.45. The standard InChI is InChI=1S/C12H16N2O3/c1-9-7-11(15)10(8-13-9)12(16)14-3-2-5-17-6-4-14/h7-8H,2-6H2,1H3,(H,13,15). The zero-order chi connectivity index (χ0) is 12.3. The lowest BCUT2D eigenvalue weighted by Crippen LogP contribution is -2.36. The van der Waals surface area contributed by atoms with E-state index >= 15 is 0 Å². The Morgan fingerprint density at radius 3 is 3.00 bits per heavy atom. The molecule has 0 aromatic carbocycles. The average molecular weight is 236 g/mol. The maximum Gasteiger partial charge on any atom is 0.259 e. The fraction of sp³-hybridized carbons (Fsp3) is 0.500. The average Bonchev–Trinajstić information content (AvgIpc) is 2.56. The Kier molecular flexibility index (Phi) is 3.58. The zero-order valence-corrected chi connectivity index (χ0v) is 9.86. The lowest BCUT2D eigenvalue weighted by Gasteiger charge is -2.19. The van der Waals surface area contributed by atoms with Gasteiger partial charge in [0.1, 0.15) is 5.56 Å². The fourth-order valence-electron chi connectivity index (χ4n) is 1.86. The monoisotopic (exact) mass is 236 g/mol. The van der Waals surface area contributed by atoms with Gasteiger partial charge < -0.3 is 14.6 Å². The highest BCUT2D eigenvalue weighted by atomic mass is 16.5. The molecule has 1 aromatic rings. The van der Waals surface area contributed by atoms with E-state index in [0.717, 1.165) is 12.1 Å². The molecule has 1 aliphatic heterocycles. The lowest BCUT2D eigenvalue weighted by atomic mass is 10.2. The van der Waals surface area contributed by atoms with Crippen molar-refractivity contribution in [3.05, 3.63) is 33.7 Å². The number of pyridine rings is 1. The number of hydrogen-bond donors (Lipinski definition) is 1. The highest BCUT2D eigenvalue weighted by molar-refractivity contribution is 5.93. The van der Waals surface area contributed by atoms with E-state index in [1.54, 1.807) is 11.8 Å². The van der Waals surface area contributed by atoms with Crippen molar-refractivity contribution >= 4 is 5.91 Å². The van der Waals surface area contributed by atoms with Crippen LogP contribution in [0.25, 0.3) is 0 Å². The van der Waals surface area contributed by atoms with Crippen LogP contribution >= 0.6 is 0 Å². The zero-order valence-electron chi connectivity index (χ0n) is 9.86. The van der Waals surface area contributed by atoms with Gasteiger partial charge in [0.25, 0.3) is 5.91 Å². The first-order valence-corrected chi connectivity index (χ1v) is 5.75. The van der Waals surface area contributed by atoms with Crippen molar-refractivity contribution in [1.29, 1.82) is 0 Å². The number of carbonyl (C=O) groups excluding carboxylic acids is 1. The molecule has 0 spiro atoms. The molecule has 0 unspecified atom stereocenters. The first kappa shape index (κ1) is 11.9. The van der Waals surface area contributed by atoms with Crippen LogP contribution in [0, 0.1) is 6.92 Å². The minimum absolute atomic E-state index is 0.206. The van der Waals surface area contributed by atoms with Gasteiger partial charge in [0.2, 0.25) is 0 Å². The summed E-state index contributed by atoms with van der Waals surface area (Å²) in [6.07, 6.45) is 2.31. The van der Waals surface area contributed by atoms with Gasteiger partial charge in [-0.15, -0.1) is 0 Å². The second kappa shape index (κ2) is 5.14. The molecular weight excluding hydrogens is 220 g/mol. The summed E-state index contributed by atoms with van der Waals surface area (Å²) in [5.41, 5.74) is 0.736. The number of nitrogens with one attached hydrogen (secondary N) is 1. The van der Waals surface area contributed by atoms with Crippen molar-refractivity contribution in [2.24, 2.45) is 0 Å². The van der Waals surface area contributed by atoms with Crippen LogP contribution in [-0.4, -0.2) is 42.1 Å². The van der Waals surface area contributed by atoms with Gasteiger partial charge in [0.05, 0.1) is 6.61 Å². The quantitative estimate of drug-likeness (QED) is 0.774. The van der Waals surface area contributed by atoms with Crippen LogP contribution < -0.4 is 5.43 Å². The van der Waals surface area contributed by atoms with Crippen molar-refractivity contribution in [3.8, 4) is 0 Å². The molecule has 2 heterocycles. The van der Waals surface area contributed by atoms with Crippen LogP contribution in [-0.2, 0) is 4.74 Å². The van der Waals surface area contributed by atoms with Crippen molar-refractivity contribution in [1.82, 2.24) is 9.88 Å². The summed E-state index contributed by atoms with van der Waals surface area (Å²) in [4.78, 5) is 28.4. The Labute approximate surface area is 99.4 Å². The van der Waals surface area contributed by atoms with Crippen LogP contribution in [0.15, 0.2) is 17.1 Å². The number of aryl methyl sites for hydroxylation is 1. The van der Waals surface area contributed by atoms with Gasteiger partial charge >= 0.3 is 0 Å². The van der Waals surface area contributed by atoms with Gasteiger partial charge in [-0.25, -0.2) is 0 Å². The highest BCUT2D eigenvalue weighted by Crippen LogP contribution is 2.04. The topological polar surface area (TPSA) is 62.4 Å². The van der Waals surface area contributed by atoms with E-state index in [4.69, 9.17) is 4.74 Å². The summed E-state index contributed by atoms with van der Waals surface area (Å²) < 4.78 is 5.28. The molecule has 1 fully saturated rings. The number of rotatable bonds is 1. The summed E-state index contributed by atoms with van der Waals surface area (Å²) in [5, 5.41) is 0. The molecular formula is C12H16N2O3. The number of ether oxygens (including phenoxy) is 1. The summed E-state index contributed by atoms with van der Waals surface area (Å²) in [6.45, 7) is 4.19. The third kappa shape index (κ3) is 2.74. The third-order valence-corrected chi connectivity index (χ3v) is 2.80. The van der Waals surface area contributed by atoms with Gasteiger partial charge in [0.15, 0.2) is 5.43 Å². The van der Waals surface area contributed by atoms with Gasteiger partial charge in [-0.05, 0) is 13.3 Å². The lowest BCUT2D eigenvalue weighted by molar-refractivity contribution is 0.0739. The van der Waals surface area contributed by atoms with E-state index in [-0.39, 0.29) is 16.9 Å². The predicted octanol–water partition coefficient (Wildman–Crippen LogP) is 0.546. The Balaban J connectivity index is 2.20. The molecule has 1 amide bonds. The number of amides is 1. The van der Waals surface area contributed by atoms with Gasteiger partial charge in [-0.3, -0.25) is 9.59 Å². The minimum atomic E-state index is -0.226. The molecule has 1 aromatic heterocycles. The summed E-state index contributed by atoms with van der Waals surface area (Å²) in [5.74, 6) is -0.211. The van der Waals surface area contributed by atoms with Crippen LogP contribution in [0.3, 0.4) is 0 Å². The molecule has 17 heavy (non-hydrogen) atoms. The second-order valence-electron chi connectivity index (χ2n) is 4.15. The van der Waals surface area contributed by atoms with Crippen LogP contribution in [0.2, 0.25) is 0 Å². The number of hydrogen-bond acceptors (Lipinski definition) is 3. The molecule has 1 N–H and O–H groups in total. The Morgan fingerprint density at radius 1 is 1.41 bits per heavy atom. The number of nitrogens with zero attached hydrogens (tertiary/aromatic N) is 1. The van der Waals surface area contributed by atoms with E-state index in [2.05, 4.69) is 4.98 Å². The Bertz CT molecular complexity index is 459. The molecule has 1 aliphatic rings. The molecule has 0 saturated carbocycles. The number of aromatic nitrogens is 1. The summed E-state index contributed by atoms with van der Waals surface area (Å²) >= 11 is 0. The number of H-pyrrole nitrogens is 1. The van der Waals surface area contributed by atoms with Crippen LogP contribution in [0.4, 0.5) is 0 Å². The van der Waals surface area contributed by atoms with Gasteiger partial charge in [-0.2, -0.15) is 0 Å². The molecule has 5 nitrogen and oxygen atoms in total. The van der Waals surface area contributed by atoms with E-state index in [1.165, 1.54) is 12.3 Å². The molecule has 0 radical (unpaired) electrons. The van der Waals surface area contributed by atoms with E-state index in [9.17, 15) is 9.59 Å². The van der Waals surface area contributed by atoms with E-state index in [0.29, 0.717) is 26.3 Å². The smallest absolute Gasteiger partial charge is 0.259 e. The van der Waals surface area contributed by atoms with Gasteiger partial charge in [0, 0.05) is 37.7 Å². The maximum absolute atomic E-state index is 12.1. The van der Waals surface area contributed by atoms with Crippen LogP contribution in [0.1, 0.15) is 22.5 Å². The maximum atomic E-state index is 12.1. The Morgan fingerprint density at radius 2 is 2.24 bits per heavy atom. The molecule has 0 atom stereocenters. The van der Waals surface area contributed by atoms with Gasteiger partial charge in [-0.1, -0.05) is 0 Å². The first-order chi connectivity index (χ1) is 8.18. The molecule has 1 saturated heterocycles. The normalized spacial score (nSPS) is 16.6. The van der Waals surface area contributed by atoms with Crippen molar-refractivity contribution < 1.29 is 9.53 Å². The molecule has 5 heteroatoms. The highest BCUT2D eigenvalue weighted by Gasteiger charge is 2.19.